The number of hydrogen-bond acceptors (Lipinski definition) is 5. The molecule has 0 radical (unpaired) electrons. The Bertz CT molecular complexity index is 740. The van der Waals surface area contributed by atoms with Gasteiger partial charge in [0.05, 0.1) is 6.61 Å². The molecule has 3 rings (SSSR count). The van der Waals surface area contributed by atoms with Crippen molar-refractivity contribution in [2.75, 3.05) is 25.5 Å². The largest absolute Gasteiger partial charge is 0.462 e. The van der Waals surface area contributed by atoms with Gasteiger partial charge in [0.1, 0.15) is 11.4 Å². The number of halogens is 2. The number of nitrogens with zero attached hydrogens (tertiary/aromatic N) is 2. The molecule has 1 saturated heterocycles. The third-order valence-electron chi connectivity index (χ3n) is 4.74. The molecule has 5 nitrogen and oxygen atoms in total. The van der Waals surface area contributed by atoms with E-state index in [0.717, 1.165) is 18.7 Å². The van der Waals surface area contributed by atoms with Crippen LogP contribution in [0.2, 0.25) is 5.02 Å². The Balaban J connectivity index is 0.00000261. The number of carbonyl (C=O) groups excluding carboxylic acids is 1. The molecule has 1 aliphatic rings. The van der Waals surface area contributed by atoms with Crippen LogP contribution in [0.5, 0.6) is 0 Å². The zero-order valence-corrected chi connectivity index (χ0v) is 16.9. The van der Waals surface area contributed by atoms with E-state index < -0.39 is 0 Å². The van der Waals surface area contributed by atoms with Crippen molar-refractivity contribution in [3.05, 3.63) is 53.2 Å². The lowest BCUT2D eigenvalue weighted by Gasteiger charge is -2.32. The number of likely N-dealkylation sites (tertiary alicyclic amines) is 1. The fraction of sp³-hybridized carbons (Fsp3) is 0.400. The molecule has 2 aromatic rings. The van der Waals surface area contributed by atoms with Crippen molar-refractivity contribution >= 4 is 41.5 Å². The SMILES string of the molecule is CN1CCCCC1CCOC(=O)c1cccnc1Nc1ccc(Cl)cc1.Cl. The van der Waals surface area contributed by atoms with Gasteiger partial charge in [0.2, 0.25) is 0 Å². The van der Waals surface area contributed by atoms with E-state index in [0.29, 0.717) is 29.1 Å². The average Bonchev–Trinajstić information content (AvgIpc) is 2.65. The monoisotopic (exact) mass is 409 g/mol. The third-order valence-corrected chi connectivity index (χ3v) is 4.99. The van der Waals surface area contributed by atoms with Gasteiger partial charge < -0.3 is 15.0 Å². The summed E-state index contributed by atoms with van der Waals surface area (Å²) >= 11 is 5.91. The summed E-state index contributed by atoms with van der Waals surface area (Å²) in [4.78, 5) is 19.1. The van der Waals surface area contributed by atoms with Crippen molar-refractivity contribution in [2.24, 2.45) is 0 Å². The minimum atomic E-state index is -0.354. The van der Waals surface area contributed by atoms with Crippen molar-refractivity contribution in [1.82, 2.24) is 9.88 Å². The molecule has 0 aliphatic carbocycles. The Morgan fingerprint density at radius 2 is 2.07 bits per heavy atom. The van der Waals surface area contributed by atoms with Crippen LogP contribution in [0, 0.1) is 0 Å². The Morgan fingerprint density at radius 1 is 1.30 bits per heavy atom. The number of piperidine rings is 1. The lowest BCUT2D eigenvalue weighted by atomic mass is 10.0. The van der Waals surface area contributed by atoms with E-state index in [1.54, 1.807) is 30.5 Å². The van der Waals surface area contributed by atoms with Gasteiger partial charge in [-0.1, -0.05) is 18.0 Å². The Hall–Kier alpha value is -1.82. The molecule has 1 aromatic heterocycles. The summed E-state index contributed by atoms with van der Waals surface area (Å²) in [5, 5.41) is 3.81. The standard InChI is InChI=1S/C20H24ClN3O2.ClH/c1-24-13-3-2-5-17(24)11-14-26-20(25)18-6-4-12-22-19(18)23-16-9-7-15(21)8-10-16;/h4,6-10,12,17H,2-3,5,11,13-14H2,1H3,(H,22,23);1H. The van der Waals surface area contributed by atoms with Gasteiger partial charge in [-0.25, -0.2) is 9.78 Å². The first-order valence-electron chi connectivity index (χ1n) is 8.98. The number of ether oxygens (including phenoxy) is 1. The molecule has 0 spiro atoms. The highest BCUT2D eigenvalue weighted by molar-refractivity contribution is 6.30. The number of hydrogen-bond donors (Lipinski definition) is 1. The van der Waals surface area contributed by atoms with E-state index >= 15 is 0 Å². The summed E-state index contributed by atoms with van der Waals surface area (Å²) in [5.74, 6) is 0.127. The smallest absolute Gasteiger partial charge is 0.341 e. The predicted molar refractivity (Wildman–Crippen MR) is 111 cm³/mol. The molecule has 0 saturated carbocycles. The molecule has 1 unspecified atom stereocenters. The van der Waals surface area contributed by atoms with Gasteiger partial charge in [0.25, 0.3) is 0 Å². The number of pyridine rings is 1. The second-order valence-electron chi connectivity index (χ2n) is 6.59. The van der Waals surface area contributed by atoms with Crippen molar-refractivity contribution in [3.63, 3.8) is 0 Å². The Morgan fingerprint density at radius 3 is 2.81 bits per heavy atom. The summed E-state index contributed by atoms with van der Waals surface area (Å²) in [6.07, 6.45) is 6.18. The average molecular weight is 410 g/mol. The molecular formula is C20H25Cl2N3O2. The number of esters is 1. The quantitative estimate of drug-likeness (QED) is 0.685. The van der Waals surface area contributed by atoms with E-state index in [1.165, 1.54) is 19.3 Å². The van der Waals surface area contributed by atoms with E-state index in [1.807, 2.05) is 12.1 Å². The molecule has 1 aliphatic heterocycles. The minimum Gasteiger partial charge on any atom is -0.462 e. The van der Waals surface area contributed by atoms with Crippen molar-refractivity contribution in [2.45, 2.75) is 31.7 Å². The van der Waals surface area contributed by atoms with E-state index in [2.05, 4.69) is 22.2 Å². The zero-order valence-electron chi connectivity index (χ0n) is 15.4. The topological polar surface area (TPSA) is 54.5 Å². The van der Waals surface area contributed by atoms with E-state index in [9.17, 15) is 4.79 Å². The summed E-state index contributed by atoms with van der Waals surface area (Å²) in [5.41, 5.74) is 1.24. The van der Waals surface area contributed by atoms with Crippen molar-refractivity contribution in [3.8, 4) is 0 Å². The van der Waals surface area contributed by atoms with Crippen LogP contribution in [0.4, 0.5) is 11.5 Å². The van der Waals surface area contributed by atoms with Crippen molar-refractivity contribution < 1.29 is 9.53 Å². The van der Waals surface area contributed by atoms with E-state index in [4.69, 9.17) is 16.3 Å². The van der Waals surface area contributed by atoms with E-state index in [-0.39, 0.29) is 18.4 Å². The molecule has 146 valence electrons. The zero-order chi connectivity index (χ0) is 18.4. The van der Waals surface area contributed by atoms with Crippen LogP contribution in [-0.4, -0.2) is 42.1 Å². The summed E-state index contributed by atoms with van der Waals surface area (Å²) in [6.45, 7) is 1.54. The highest BCUT2D eigenvalue weighted by Gasteiger charge is 2.20. The summed E-state index contributed by atoms with van der Waals surface area (Å²) in [6, 6.07) is 11.2. The van der Waals surface area contributed by atoms with Gasteiger partial charge in [0, 0.05) is 22.9 Å². The van der Waals surface area contributed by atoms with Crippen LogP contribution in [0.3, 0.4) is 0 Å². The lowest BCUT2D eigenvalue weighted by molar-refractivity contribution is 0.0451. The van der Waals surface area contributed by atoms with Crippen molar-refractivity contribution in [1.29, 1.82) is 0 Å². The van der Waals surface area contributed by atoms with Gasteiger partial charge in [0.15, 0.2) is 0 Å². The summed E-state index contributed by atoms with van der Waals surface area (Å²) in [7, 11) is 2.14. The van der Waals surface area contributed by atoms with Crippen LogP contribution in [0.15, 0.2) is 42.6 Å². The van der Waals surface area contributed by atoms with Gasteiger partial charge in [-0.3, -0.25) is 0 Å². The second kappa shape index (κ2) is 10.5. The molecule has 1 fully saturated rings. The summed E-state index contributed by atoms with van der Waals surface area (Å²) < 4.78 is 5.51. The Kier molecular flexibility index (Phi) is 8.35. The molecule has 2 heterocycles. The molecule has 1 atom stereocenters. The molecule has 0 bridgehead atoms. The normalized spacial score (nSPS) is 17.0. The van der Waals surface area contributed by atoms with Crippen LogP contribution < -0.4 is 5.32 Å². The predicted octanol–water partition coefficient (Wildman–Crippen LogP) is 4.93. The van der Waals surface area contributed by atoms with Crippen LogP contribution in [-0.2, 0) is 4.74 Å². The minimum absolute atomic E-state index is 0. The second-order valence-corrected chi connectivity index (χ2v) is 7.02. The number of rotatable bonds is 6. The van der Waals surface area contributed by atoms with Crippen LogP contribution >= 0.6 is 24.0 Å². The van der Waals surface area contributed by atoms with Crippen LogP contribution in [0.25, 0.3) is 0 Å². The van der Waals surface area contributed by atoms with Crippen LogP contribution in [0.1, 0.15) is 36.0 Å². The molecular weight excluding hydrogens is 385 g/mol. The number of anilines is 2. The number of carbonyl (C=O) groups is 1. The highest BCUT2D eigenvalue weighted by atomic mass is 35.5. The Labute approximate surface area is 171 Å². The maximum absolute atomic E-state index is 12.5. The highest BCUT2D eigenvalue weighted by Crippen LogP contribution is 2.22. The van der Waals surface area contributed by atoms with Gasteiger partial charge in [-0.05, 0) is 69.3 Å². The fourth-order valence-electron chi connectivity index (χ4n) is 3.21. The first-order valence-corrected chi connectivity index (χ1v) is 9.36. The fourth-order valence-corrected chi connectivity index (χ4v) is 3.34. The number of aromatic nitrogens is 1. The van der Waals surface area contributed by atoms with Gasteiger partial charge in [-0.2, -0.15) is 0 Å². The third kappa shape index (κ3) is 6.09. The number of benzene rings is 1. The van der Waals surface area contributed by atoms with Gasteiger partial charge >= 0.3 is 5.97 Å². The molecule has 7 heteroatoms. The molecule has 1 N–H and O–H groups in total. The lowest BCUT2D eigenvalue weighted by Crippen LogP contribution is -2.37. The molecule has 0 amide bonds. The maximum Gasteiger partial charge on any atom is 0.341 e. The first-order chi connectivity index (χ1) is 12.6. The maximum atomic E-state index is 12.5. The number of nitrogens with one attached hydrogen (secondary N) is 1. The van der Waals surface area contributed by atoms with Gasteiger partial charge in [-0.15, -0.1) is 12.4 Å². The first kappa shape index (κ1) is 21.5. The molecule has 27 heavy (non-hydrogen) atoms. The molecule has 1 aromatic carbocycles.